The van der Waals surface area contributed by atoms with E-state index in [1.54, 1.807) is 19.1 Å². The number of ether oxygens (including phenoxy) is 2. The molecule has 0 aliphatic carbocycles. The zero-order valence-corrected chi connectivity index (χ0v) is 23.2. The first-order valence-corrected chi connectivity index (χ1v) is 12.4. The van der Waals surface area contributed by atoms with Crippen molar-refractivity contribution in [1.82, 2.24) is 10.2 Å². The second kappa shape index (κ2) is 13.9. The number of carbonyl (C=O) groups is 3. The Morgan fingerprint density at radius 1 is 0.939 bits per heavy atom. The lowest BCUT2D eigenvalue weighted by atomic mass is 9.89. The molecular weight excluding hydrogens is 420 g/mol. The van der Waals surface area contributed by atoms with Gasteiger partial charge in [-0.2, -0.15) is 0 Å². The monoisotopic (exact) mass is 470 g/mol. The van der Waals surface area contributed by atoms with Crippen LogP contribution in [-0.4, -0.2) is 60.6 Å². The standard InChI is InChI=1S/C26H50N2O5/c1-13-18(7)23(20(32-12)15-21(29)33-26(8,9)10)28(11)25(31)22(17(5)6)27-24(30)19(14-2)16(3)4/h16-20,22-23H,13-15H2,1-12H3,(H,27,30)/t18?,19-,20+,22-,23-/m0/s1. The third-order valence-corrected chi connectivity index (χ3v) is 6.31. The molecule has 0 spiro atoms. The predicted octanol–water partition coefficient (Wildman–Crippen LogP) is 4.43. The molecule has 0 rings (SSSR count). The summed E-state index contributed by atoms with van der Waals surface area (Å²) in [6.07, 6.45) is 1.05. The number of rotatable bonds is 13. The lowest BCUT2D eigenvalue weighted by Crippen LogP contribution is -2.58. The zero-order valence-electron chi connectivity index (χ0n) is 23.2. The first-order valence-electron chi connectivity index (χ1n) is 12.4. The highest BCUT2D eigenvalue weighted by atomic mass is 16.6. The van der Waals surface area contributed by atoms with Gasteiger partial charge in [0.05, 0.1) is 18.6 Å². The number of methoxy groups -OCH3 is 1. The Bertz CT molecular complexity index is 627. The van der Waals surface area contributed by atoms with E-state index in [1.165, 1.54) is 0 Å². The molecule has 5 atom stereocenters. The minimum Gasteiger partial charge on any atom is -0.460 e. The molecule has 0 saturated carbocycles. The van der Waals surface area contributed by atoms with E-state index in [0.29, 0.717) is 0 Å². The van der Waals surface area contributed by atoms with Crippen LogP contribution in [0.3, 0.4) is 0 Å². The summed E-state index contributed by atoms with van der Waals surface area (Å²) in [6, 6.07) is -0.994. The number of likely N-dealkylation sites (N-methyl/N-ethyl adjacent to an activating group) is 1. The largest absolute Gasteiger partial charge is 0.460 e. The molecule has 7 heteroatoms. The van der Waals surface area contributed by atoms with Gasteiger partial charge in [0, 0.05) is 20.1 Å². The van der Waals surface area contributed by atoms with Crippen LogP contribution < -0.4 is 5.32 Å². The summed E-state index contributed by atoms with van der Waals surface area (Å²) in [5.74, 6) is -0.589. The molecule has 7 nitrogen and oxygen atoms in total. The van der Waals surface area contributed by atoms with Crippen LogP contribution in [0.15, 0.2) is 0 Å². The van der Waals surface area contributed by atoms with Gasteiger partial charge in [0.2, 0.25) is 11.8 Å². The van der Waals surface area contributed by atoms with Gasteiger partial charge >= 0.3 is 5.97 Å². The number of amides is 2. The number of hydrogen-bond acceptors (Lipinski definition) is 5. The maximum Gasteiger partial charge on any atom is 0.309 e. The molecule has 194 valence electrons. The summed E-state index contributed by atoms with van der Waals surface area (Å²) >= 11 is 0. The second-order valence-electron chi connectivity index (χ2n) is 10.9. The Morgan fingerprint density at radius 3 is 1.85 bits per heavy atom. The summed E-state index contributed by atoms with van der Waals surface area (Å²) in [6.45, 7) is 19.5. The summed E-state index contributed by atoms with van der Waals surface area (Å²) < 4.78 is 11.2. The van der Waals surface area contributed by atoms with E-state index >= 15 is 0 Å². The topological polar surface area (TPSA) is 84.9 Å². The molecule has 0 heterocycles. The SMILES string of the molecule is CCC(C)[C@@H]([C@@H](CC(=O)OC(C)(C)C)OC)N(C)C(=O)[C@@H](NC(=O)[C@@H](CC)C(C)C)C(C)C. The summed E-state index contributed by atoms with van der Waals surface area (Å²) in [5.41, 5.74) is -0.595. The fourth-order valence-corrected chi connectivity index (χ4v) is 4.23. The Hall–Kier alpha value is -1.63. The molecule has 0 fully saturated rings. The van der Waals surface area contributed by atoms with Crippen LogP contribution >= 0.6 is 0 Å². The molecule has 33 heavy (non-hydrogen) atoms. The highest BCUT2D eigenvalue weighted by Crippen LogP contribution is 2.24. The third-order valence-electron chi connectivity index (χ3n) is 6.31. The normalized spacial score (nSPS) is 16.7. The lowest BCUT2D eigenvalue weighted by Gasteiger charge is -2.40. The maximum atomic E-state index is 13.6. The van der Waals surface area contributed by atoms with Crippen molar-refractivity contribution in [3.05, 3.63) is 0 Å². The summed E-state index contributed by atoms with van der Waals surface area (Å²) in [4.78, 5) is 40.7. The van der Waals surface area contributed by atoms with Crippen LogP contribution in [0, 0.1) is 23.7 Å². The van der Waals surface area contributed by atoms with Crippen LogP contribution in [-0.2, 0) is 23.9 Å². The Balaban J connectivity index is 5.83. The summed E-state index contributed by atoms with van der Waals surface area (Å²) in [5, 5.41) is 3.01. The quantitative estimate of drug-likeness (QED) is 0.403. The zero-order chi connectivity index (χ0) is 26.1. The van der Waals surface area contributed by atoms with Gasteiger partial charge in [0.1, 0.15) is 11.6 Å². The van der Waals surface area contributed by atoms with Gasteiger partial charge in [-0.15, -0.1) is 0 Å². The smallest absolute Gasteiger partial charge is 0.309 e. The van der Waals surface area contributed by atoms with Crippen LogP contribution in [0.2, 0.25) is 0 Å². The Morgan fingerprint density at radius 2 is 1.48 bits per heavy atom. The van der Waals surface area contributed by atoms with Gasteiger partial charge < -0.3 is 19.7 Å². The van der Waals surface area contributed by atoms with Gasteiger partial charge in [-0.1, -0.05) is 54.9 Å². The molecule has 1 unspecified atom stereocenters. The molecule has 0 aromatic rings. The molecular formula is C26H50N2O5. The molecule has 0 aliphatic rings. The van der Waals surface area contributed by atoms with E-state index in [0.717, 1.165) is 12.8 Å². The average Bonchev–Trinajstić information content (AvgIpc) is 2.68. The van der Waals surface area contributed by atoms with Gasteiger partial charge in [-0.05, 0) is 44.9 Å². The Kier molecular flexibility index (Phi) is 13.2. The highest BCUT2D eigenvalue weighted by molar-refractivity contribution is 5.89. The second-order valence-corrected chi connectivity index (χ2v) is 10.9. The van der Waals surface area contributed by atoms with Crippen molar-refractivity contribution in [1.29, 1.82) is 0 Å². The molecule has 0 aromatic heterocycles. The van der Waals surface area contributed by atoms with Crippen molar-refractivity contribution in [2.24, 2.45) is 23.7 Å². The third kappa shape index (κ3) is 10.0. The number of carbonyl (C=O) groups excluding carboxylic acids is 3. The van der Waals surface area contributed by atoms with E-state index in [9.17, 15) is 14.4 Å². The molecule has 0 bridgehead atoms. The lowest BCUT2D eigenvalue weighted by molar-refractivity contribution is -0.161. The van der Waals surface area contributed by atoms with Crippen LogP contribution in [0.25, 0.3) is 0 Å². The number of nitrogens with zero attached hydrogens (tertiary/aromatic N) is 1. The van der Waals surface area contributed by atoms with Crippen molar-refractivity contribution in [2.75, 3.05) is 14.2 Å². The minimum atomic E-state index is -0.652. The Labute approximate surface area is 202 Å². The van der Waals surface area contributed by atoms with Gasteiger partial charge in [-0.3, -0.25) is 14.4 Å². The van der Waals surface area contributed by atoms with E-state index in [2.05, 4.69) is 5.32 Å². The molecule has 2 amide bonds. The van der Waals surface area contributed by atoms with E-state index < -0.39 is 17.7 Å². The minimum absolute atomic E-state index is 0.0460. The molecule has 1 N–H and O–H groups in total. The van der Waals surface area contributed by atoms with E-state index in [-0.39, 0.29) is 53.9 Å². The van der Waals surface area contributed by atoms with Crippen LogP contribution in [0.5, 0.6) is 0 Å². The van der Waals surface area contributed by atoms with Gasteiger partial charge in [-0.25, -0.2) is 0 Å². The predicted molar refractivity (Wildman–Crippen MR) is 133 cm³/mol. The highest BCUT2D eigenvalue weighted by Gasteiger charge is 2.38. The number of hydrogen-bond donors (Lipinski definition) is 1. The van der Waals surface area contributed by atoms with Crippen molar-refractivity contribution in [3.8, 4) is 0 Å². The molecule has 0 radical (unpaired) electrons. The molecule has 0 aromatic carbocycles. The van der Waals surface area contributed by atoms with Gasteiger partial charge in [0.15, 0.2) is 0 Å². The first-order chi connectivity index (χ1) is 15.1. The van der Waals surface area contributed by atoms with E-state index in [1.807, 2.05) is 69.2 Å². The molecule has 0 aliphatic heterocycles. The molecule has 0 saturated heterocycles. The average molecular weight is 471 g/mol. The summed E-state index contributed by atoms with van der Waals surface area (Å²) in [7, 11) is 3.29. The van der Waals surface area contributed by atoms with Gasteiger partial charge in [0.25, 0.3) is 0 Å². The van der Waals surface area contributed by atoms with Crippen LogP contribution in [0.1, 0.15) is 88.5 Å². The number of nitrogens with one attached hydrogen (secondary N) is 1. The van der Waals surface area contributed by atoms with Crippen molar-refractivity contribution in [2.45, 2.75) is 112 Å². The first kappa shape index (κ1) is 31.4. The van der Waals surface area contributed by atoms with Crippen molar-refractivity contribution in [3.63, 3.8) is 0 Å². The fraction of sp³-hybridized carbons (Fsp3) is 0.885. The number of esters is 1. The van der Waals surface area contributed by atoms with Crippen molar-refractivity contribution < 1.29 is 23.9 Å². The van der Waals surface area contributed by atoms with Crippen molar-refractivity contribution >= 4 is 17.8 Å². The fourth-order valence-electron chi connectivity index (χ4n) is 4.23. The van der Waals surface area contributed by atoms with E-state index in [4.69, 9.17) is 9.47 Å². The maximum absolute atomic E-state index is 13.6. The van der Waals surface area contributed by atoms with Crippen LogP contribution in [0.4, 0.5) is 0 Å².